The molecule has 0 fully saturated rings. The second kappa shape index (κ2) is 6.71. The molecule has 0 radical (unpaired) electrons. The third-order valence-corrected chi connectivity index (χ3v) is 3.05. The number of hydrogen-bond acceptors (Lipinski definition) is 3. The van der Waals surface area contributed by atoms with Gasteiger partial charge in [-0.25, -0.2) is 4.98 Å². The van der Waals surface area contributed by atoms with E-state index in [0.717, 1.165) is 12.8 Å². The standard InChI is InChI=1S/C13H19ClN2O2/c1-13(2,9-17)6-4-8-16-12(18)10-5-3-7-15-11(10)14/h3,5,7,17H,4,6,8-9H2,1-2H3,(H,16,18). The Kier molecular flexibility index (Phi) is 5.56. The van der Waals surface area contributed by atoms with E-state index in [-0.39, 0.29) is 23.1 Å². The molecule has 0 aromatic carbocycles. The molecule has 5 heteroatoms. The van der Waals surface area contributed by atoms with Gasteiger partial charge in [0.05, 0.1) is 5.56 Å². The van der Waals surface area contributed by atoms with E-state index < -0.39 is 0 Å². The van der Waals surface area contributed by atoms with E-state index in [4.69, 9.17) is 16.7 Å². The maximum atomic E-state index is 11.8. The SMILES string of the molecule is CC(C)(CO)CCCNC(=O)c1cccnc1Cl. The minimum Gasteiger partial charge on any atom is -0.396 e. The zero-order valence-corrected chi connectivity index (χ0v) is 11.5. The third-order valence-electron chi connectivity index (χ3n) is 2.75. The normalized spacial score (nSPS) is 11.3. The van der Waals surface area contributed by atoms with Gasteiger partial charge in [0.1, 0.15) is 5.15 Å². The smallest absolute Gasteiger partial charge is 0.254 e. The van der Waals surface area contributed by atoms with Crippen LogP contribution in [0.25, 0.3) is 0 Å². The number of amides is 1. The second-order valence-corrected chi connectivity index (χ2v) is 5.38. The van der Waals surface area contributed by atoms with Crippen LogP contribution in [0.15, 0.2) is 18.3 Å². The van der Waals surface area contributed by atoms with Crippen LogP contribution >= 0.6 is 11.6 Å². The van der Waals surface area contributed by atoms with Crippen LogP contribution in [0.4, 0.5) is 0 Å². The van der Waals surface area contributed by atoms with Crippen LogP contribution < -0.4 is 5.32 Å². The van der Waals surface area contributed by atoms with Gasteiger partial charge in [0.15, 0.2) is 0 Å². The first-order valence-corrected chi connectivity index (χ1v) is 6.34. The first-order chi connectivity index (χ1) is 8.46. The van der Waals surface area contributed by atoms with Crippen molar-refractivity contribution in [1.82, 2.24) is 10.3 Å². The van der Waals surface area contributed by atoms with Gasteiger partial charge in [-0.2, -0.15) is 0 Å². The predicted molar refractivity (Wildman–Crippen MR) is 71.7 cm³/mol. The summed E-state index contributed by atoms with van der Waals surface area (Å²) >= 11 is 5.82. The Morgan fingerprint density at radius 3 is 2.89 bits per heavy atom. The van der Waals surface area contributed by atoms with E-state index in [1.807, 2.05) is 13.8 Å². The predicted octanol–water partition coefficient (Wildman–Crippen LogP) is 2.26. The molecule has 0 spiro atoms. The zero-order valence-electron chi connectivity index (χ0n) is 10.7. The highest BCUT2D eigenvalue weighted by Crippen LogP contribution is 2.20. The summed E-state index contributed by atoms with van der Waals surface area (Å²) in [5, 5.41) is 12.1. The van der Waals surface area contributed by atoms with Crippen molar-refractivity contribution in [2.24, 2.45) is 5.41 Å². The monoisotopic (exact) mass is 270 g/mol. The Bertz CT molecular complexity index is 408. The van der Waals surface area contributed by atoms with E-state index in [1.54, 1.807) is 18.3 Å². The summed E-state index contributed by atoms with van der Waals surface area (Å²) in [6.45, 7) is 4.70. The number of aliphatic hydroxyl groups excluding tert-OH is 1. The quantitative estimate of drug-likeness (QED) is 0.616. The fourth-order valence-corrected chi connectivity index (χ4v) is 1.70. The molecule has 4 nitrogen and oxygen atoms in total. The third kappa shape index (κ3) is 4.63. The summed E-state index contributed by atoms with van der Waals surface area (Å²) in [7, 11) is 0. The van der Waals surface area contributed by atoms with Gasteiger partial charge in [0.2, 0.25) is 0 Å². The molecule has 0 bridgehead atoms. The number of carbonyl (C=O) groups is 1. The number of pyridine rings is 1. The molecular formula is C13H19ClN2O2. The summed E-state index contributed by atoms with van der Waals surface area (Å²) in [5.41, 5.74) is 0.289. The summed E-state index contributed by atoms with van der Waals surface area (Å²) in [5.74, 6) is -0.213. The highest BCUT2D eigenvalue weighted by atomic mass is 35.5. The molecular weight excluding hydrogens is 252 g/mol. The van der Waals surface area contributed by atoms with Gasteiger partial charge in [-0.15, -0.1) is 0 Å². The van der Waals surface area contributed by atoms with E-state index in [9.17, 15) is 4.79 Å². The maximum absolute atomic E-state index is 11.8. The summed E-state index contributed by atoms with van der Waals surface area (Å²) in [6, 6.07) is 3.32. The van der Waals surface area contributed by atoms with Crippen LogP contribution in [0, 0.1) is 5.41 Å². The molecule has 2 N–H and O–H groups in total. The van der Waals surface area contributed by atoms with Crippen LogP contribution in [0.5, 0.6) is 0 Å². The summed E-state index contributed by atoms with van der Waals surface area (Å²) in [4.78, 5) is 15.6. The minimum atomic E-state index is -0.213. The number of carbonyl (C=O) groups excluding carboxylic acids is 1. The number of aromatic nitrogens is 1. The molecule has 1 aromatic rings. The fourth-order valence-electron chi connectivity index (χ4n) is 1.50. The van der Waals surface area contributed by atoms with Gasteiger partial charge < -0.3 is 10.4 Å². The molecule has 0 saturated carbocycles. The first-order valence-electron chi connectivity index (χ1n) is 5.96. The average Bonchev–Trinajstić information content (AvgIpc) is 2.35. The Morgan fingerprint density at radius 2 is 2.28 bits per heavy atom. The Labute approximate surface area is 112 Å². The molecule has 100 valence electrons. The van der Waals surface area contributed by atoms with Crippen molar-refractivity contribution in [2.75, 3.05) is 13.2 Å². The van der Waals surface area contributed by atoms with Crippen molar-refractivity contribution < 1.29 is 9.90 Å². The van der Waals surface area contributed by atoms with Gasteiger partial charge in [0, 0.05) is 19.3 Å². The number of nitrogens with one attached hydrogen (secondary N) is 1. The molecule has 1 aromatic heterocycles. The highest BCUT2D eigenvalue weighted by molar-refractivity contribution is 6.32. The highest BCUT2D eigenvalue weighted by Gasteiger charge is 2.16. The number of halogens is 1. The van der Waals surface area contributed by atoms with Crippen LogP contribution in [-0.4, -0.2) is 29.1 Å². The van der Waals surface area contributed by atoms with E-state index in [2.05, 4.69) is 10.3 Å². The topological polar surface area (TPSA) is 62.2 Å². The average molecular weight is 271 g/mol. The van der Waals surface area contributed by atoms with E-state index >= 15 is 0 Å². The van der Waals surface area contributed by atoms with Crippen molar-refractivity contribution >= 4 is 17.5 Å². The molecule has 0 aliphatic carbocycles. The van der Waals surface area contributed by atoms with Crippen LogP contribution in [-0.2, 0) is 0 Å². The van der Waals surface area contributed by atoms with Crippen molar-refractivity contribution in [3.8, 4) is 0 Å². The first kappa shape index (κ1) is 14.9. The number of hydrogen-bond donors (Lipinski definition) is 2. The molecule has 0 atom stereocenters. The lowest BCUT2D eigenvalue weighted by atomic mass is 9.89. The summed E-state index contributed by atoms with van der Waals surface area (Å²) < 4.78 is 0. The molecule has 1 heterocycles. The molecule has 0 aliphatic rings. The van der Waals surface area contributed by atoms with Gasteiger partial charge in [-0.3, -0.25) is 4.79 Å². The molecule has 0 aliphatic heterocycles. The molecule has 1 amide bonds. The van der Waals surface area contributed by atoms with Crippen LogP contribution in [0.2, 0.25) is 5.15 Å². The van der Waals surface area contributed by atoms with Crippen molar-refractivity contribution in [2.45, 2.75) is 26.7 Å². The van der Waals surface area contributed by atoms with Gasteiger partial charge in [-0.1, -0.05) is 25.4 Å². The molecule has 18 heavy (non-hydrogen) atoms. The fraction of sp³-hybridized carbons (Fsp3) is 0.538. The van der Waals surface area contributed by atoms with E-state index in [1.165, 1.54) is 0 Å². The second-order valence-electron chi connectivity index (χ2n) is 5.02. The Morgan fingerprint density at radius 1 is 1.56 bits per heavy atom. The lowest BCUT2D eigenvalue weighted by molar-refractivity contribution is 0.0948. The van der Waals surface area contributed by atoms with Gasteiger partial charge >= 0.3 is 0 Å². The summed E-state index contributed by atoms with van der Waals surface area (Å²) in [6.07, 6.45) is 3.21. The Balaban J connectivity index is 2.37. The molecule has 0 saturated heterocycles. The van der Waals surface area contributed by atoms with Crippen molar-refractivity contribution in [3.63, 3.8) is 0 Å². The molecule has 0 unspecified atom stereocenters. The van der Waals surface area contributed by atoms with Crippen molar-refractivity contribution in [1.29, 1.82) is 0 Å². The van der Waals surface area contributed by atoms with Crippen LogP contribution in [0.1, 0.15) is 37.0 Å². The van der Waals surface area contributed by atoms with Gasteiger partial charge in [-0.05, 0) is 30.4 Å². The largest absolute Gasteiger partial charge is 0.396 e. The van der Waals surface area contributed by atoms with Crippen LogP contribution in [0.3, 0.4) is 0 Å². The van der Waals surface area contributed by atoms with Crippen molar-refractivity contribution in [3.05, 3.63) is 29.0 Å². The number of aliphatic hydroxyl groups is 1. The lowest BCUT2D eigenvalue weighted by Gasteiger charge is -2.21. The van der Waals surface area contributed by atoms with Gasteiger partial charge in [0.25, 0.3) is 5.91 Å². The Hall–Kier alpha value is -1.13. The minimum absolute atomic E-state index is 0.101. The number of rotatable bonds is 6. The maximum Gasteiger partial charge on any atom is 0.254 e. The zero-order chi connectivity index (χ0) is 13.6. The molecule has 1 rings (SSSR count). The lowest BCUT2D eigenvalue weighted by Crippen LogP contribution is -2.26. The number of nitrogens with zero attached hydrogens (tertiary/aromatic N) is 1. The van der Waals surface area contributed by atoms with E-state index in [0.29, 0.717) is 12.1 Å².